The molecule has 0 atom stereocenters. The molecule has 0 radical (unpaired) electrons. The first kappa shape index (κ1) is 11.9. The molecule has 0 aliphatic carbocycles. The van der Waals surface area contributed by atoms with Crippen molar-refractivity contribution >= 4 is 34.1 Å². The highest BCUT2D eigenvalue weighted by atomic mass is 35.5. The number of aryl methyl sites for hydroxylation is 1. The molecule has 0 aliphatic heterocycles. The summed E-state index contributed by atoms with van der Waals surface area (Å²) in [6.07, 6.45) is 3.20. The minimum absolute atomic E-state index is 0.665. The Morgan fingerprint density at radius 3 is 2.84 bits per heavy atom. The van der Waals surface area contributed by atoms with Crippen molar-refractivity contribution in [2.75, 3.05) is 5.32 Å². The predicted molar refractivity (Wildman–Crippen MR) is 76.8 cm³/mol. The molecule has 5 heteroatoms. The molecule has 2 aromatic heterocycles. The molecule has 0 spiro atoms. The van der Waals surface area contributed by atoms with E-state index in [1.165, 1.54) is 6.33 Å². The van der Waals surface area contributed by atoms with Gasteiger partial charge in [0, 0.05) is 16.9 Å². The van der Waals surface area contributed by atoms with Crippen LogP contribution in [0.4, 0.5) is 11.5 Å². The monoisotopic (exact) mass is 270 g/mol. The lowest BCUT2D eigenvalue weighted by molar-refractivity contribution is 1.18. The lowest BCUT2D eigenvalue weighted by Crippen LogP contribution is -1.97. The van der Waals surface area contributed by atoms with E-state index in [0.717, 1.165) is 27.5 Å². The number of fused-ring (bicyclic) bond motifs is 1. The lowest BCUT2D eigenvalue weighted by Gasteiger charge is -2.08. The molecule has 3 aromatic rings. The molecule has 94 valence electrons. The quantitative estimate of drug-likeness (QED) is 0.771. The van der Waals surface area contributed by atoms with Gasteiger partial charge >= 0.3 is 0 Å². The second-order valence-electron chi connectivity index (χ2n) is 4.19. The highest BCUT2D eigenvalue weighted by Gasteiger charge is 2.05. The van der Waals surface area contributed by atoms with E-state index >= 15 is 0 Å². The first-order valence-electron chi connectivity index (χ1n) is 5.83. The van der Waals surface area contributed by atoms with Crippen molar-refractivity contribution in [1.82, 2.24) is 15.0 Å². The number of hydrogen-bond acceptors (Lipinski definition) is 4. The minimum Gasteiger partial charge on any atom is -0.340 e. The fourth-order valence-electron chi connectivity index (χ4n) is 1.80. The Balaban J connectivity index is 2.03. The fraction of sp³-hybridized carbons (Fsp3) is 0.0714. The maximum atomic E-state index is 6.11. The van der Waals surface area contributed by atoms with Gasteiger partial charge in [0.25, 0.3) is 0 Å². The average molecular weight is 271 g/mol. The molecule has 1 N–H and O–H groups in total. The van der Waals surface area contributed by atoms with Crippen LogP contribution in [-0.4, -0.2) is 15.0 Å². The number of halogens is 1. The van der Waals surface area contributed by atoms with Crippen molar-refractivity contribution in [2.45, 2.75) is 6.92 Å². The van der Waals surface area contributed by atoms with E-state index in [9.17, 15) is 0 Å². The molecule has 0 aliphatic rings. The van der Waals surface area contributed by atoms with Crippen LogP contribution in [0, 0.1) is 6.92 Å². The molecular formula is C14H11ClN4. The van der Waals surface area contributed by atoms with Gasteiger partial charge in [0.15, 0.2) is 5.65 Å². The van der Waals surface area contributed by atoms with Gasteiger partial charge in [-0.25, -0.2) is 15.0 Å². The largest absolute Gasteiger partial charge is 0.340 e. The number of nitrogens with zero attached hydrogens (tertiary/aromatic N) is 3. The molecular weight excluding hydrogens is 260 g/mol. The van der Waals surface area contributed by atoms with Crippen LogP contribution in [0.15, 0.2) is 42.9 Å². The molecule has 1 aromatic carbocycles. The second-order valence-corrected chi connectivity index (χ2v) is 4.59. The van der Waals surface area contributed by atoms with E-state index in [4.69, 9.17) is 11.6 Å². The molecule has 0 amide bonds. The Morgan fingerprint density at radius 2 is 2.00 bits per heavy atom. The van der Waals surface area contributed by atoms with Gasteiger partial charge in [-0.05, 0) is 36.8 Å². The van der Waals surface area contributed by atoms with Crippen LogP contribution >= 0.6 is 11.6 Å². The summed E-state index contributed by atoms with van der Waals surface area (Å²) in [6, 6.07) is 9.60. The van der Waals surface area contributed by atoms with Crippen molar-refractivity contribution in [1.29, 1.82) is 0 Å². The third-order valence-electron chi connectivity index (χ3n) is 2.84. The third-order valence-corrected chi connectivity index (χ3v) is 3.25. The summed E-state index contributed by atoms with van der Waals surface area (Å²) in [6.45, 7) is 1.97. The first-order valence-corrected chi connectivity index (χ1v) is 6.21. The molecule has 0 saturated heterocycles. The Hall–Kier alpha value is -2.20. The number of hydrogen-bond donors (Lipinski definition) is 1. The smallest absolute Gasteiger partial charge is 0.164 e. The first-order chi connectivity index (χ1) is 9.24. The number of anilines is 2. The maximum absolute atomic E-state index is 6.11. The van der Waals surface area contributed by atoms with Crippen molar-refractivity contribution in [3.63, 3.8) is 0 Å². The number of aromatic nitrogens is 3. The molecule has 4 nitrogen and oxygen atoms in total. The van der Waals surface area contributed by atoms with Gasteiger partial charge in [0.2, 0.25) is 0 Å². The summed E-state index contributed by atoms with van der Waals surface area (Å²) in [7, 11) is 0. The van der Waals surface area contributed by atoms with E-state index in [2.05, 4.69) is 20.3 Å². The summed E-state index contributed by atoms with van der Waals surface area (Å²) >= 11 is 6.11. The zero-order valence-corrected chi connectivity index (χ0v) is 11.0. The Bertz CT molecular complexity index is 737. The standard InChI is InChI=1S/C14H11ClN4/c1-9-4-5-10(7-12(9)15)19-14-11-3-2-6-16-13(11)17-8-18-14/h2-8H,1H3,(H,16,17,18,19). The van der Waals surface area contributed by atoms with E-state index in [1.807, 2.05) is 37.3 Å². The zero-order chi connectivity index (χ0) is 13.2. The van der Waals surface area contributed by atoms with Crippen molar-refractivity contribution in [2.24, 2.45) is 0 Å². The zero-order valence-electron chi connectivity index (χ0n) is 10.3. The van der Waals surface area contributed by atoms with Crippen LogP contribution in [0.2, 0.25) is 5.02 Å². The molecule has 2 heterocycles. The van der Waals surface area contributed by atoms with Gasteiger partial charge in [0.05, 0.1) is 5.39 Å². The predicted octanol–water partition coefficient (Wildman–Crippen LogP) is 3.73. The number of benzene rings is 1. The summed E-state index contributed by atoms with van der Waals surface area (Å²) in [4.78, 5) is 12.6. The van der Waals surface area contributed by atoms with Gasteiger partial charge < -0.3 is 5.32 Å². The van der Waals surface area contributed by atoms with Crippen LogP contribution < -0.4 is 5.32 Å². The van der Waals surface area contributed by atoms with Crippen LogP contribution in [0.5, 0.6) is 0 Å². The Morgan fingerprint density at radius 1 is 1.11 bits per heavy atom. The number of nitrogens with one attached hydrogen (secondary N) is 1. The van der Waals surface area contributed by atoms with Crippen LogP contribution in [0.25, 0.3) is 11.0 Å². The van der Waals surface area contributed by atoms with E-state index in [1.54, 1.807) is 6.20 Å². The molecule has 3 rings (SSSR count). The van der Waals surface area contributed by atoms with Gasteiger partial charge in [-0.3, -0.25) is 0 Å². The lowest BCUT2D eigenvalue weighted by atomic mass is 10.2. The van der Waals surface area contributed by atoms with Gasteiger partial charge in [0.1, 0.15) is 12.1 Å². The third kappa shape index (κ3) is 2.35. The van der Waals surface area contributed by atoms with Gasteiger partial charge in [-0.15, -0.1) is 0 Å². The van der Waals surface area contributed by atoms with Crippen LogP contribution in [-0.2, 0) is 0 Å². The fourth-order valence-corrected chi connectivity index (χ4v) is 1.98. The van der Waals surface area contributed by atoms with Crippen molar-refractivity contribution in [3.8, 4) is 0 Å². The average Bonchev–Trinajstić information content (AvgIpc) is 2.43. The highest BCUT2D eigenvalue weighted by molar-refractivity contribution is 6.31. The molecule has 0 bridgehead atoms. The summed E-state index contributed by atoms with van der Waals surface area (Å²) < 4.78 is 0. The topological polar surface area (TPSA) is 50.7 Å². The van der Waals surface area contributed by atoms with E-state index in [-0.39, 0.29) is 0 Å². The van der Waals surface area contributed by atoms with Gasteiger partial charge in [-0.1, -0.05) is 17.7 Å². The van der Waals surface area contributed by atoms with E-state index in [0.29, 0.717) is 5.65 Å². The highest BCUT2D eigenvalue weighted by Crippen LogP contribution is 2.25. The number of rotatable bonds is 2. The SMILES string of the molecule is Cc1ccc(Nc2ncnc3ncccc23)cc1Cl. The van der Waals surface area contributed by atoms with E-state index < -0.39 is 0 Å². The maximum Gasteiger partial charge on any atom is 0.164 e. The second kappa shape index (κ2) is 4.82. The Labute approximate surface area is 115 Å². The Kier molecular flexibility index (Phi) is 3.01. The molecule has 0 unspecified atom stereocenters. The minimum atomic E-state index is 0.665. The molecule has 19 heavy (non-hydrogen) atoms. The van der Waals surface area contributed by atoms with Crippen molar-refractivity contribution < 1.29 is 0 Å². The molecule has 0 saturated carbocycles. The van der Waals surface area contributed by atoms with Crippen LogP contribution in [0.1, 0.15) is 5.56 Å². The summed E-state index contributed by atoms with van der Waals surface area (Å²) in [5, 5.41) is 4.84. The van der Waals surface area contributed by atoms with Crippen LogP contribution in [0.3, 0.4) is 0 Å². The molecule has 0 fully saturated rings. The van der Waals surface area contributed by atoms with Gasteiger partial charge in [-0.2, -0.15) is 0 Å². The number of pyridine rings is 1. The van der Waals surface area contributed by atoms with Crippen molar-refractivity contribution in [3.05, 3.63) is 53.4 Å². The summed E-state index contributed by atoms with van der Waals surface area (Å²) in [5.74, 6) is 0.720. The normalized spacial score (nSPS) is 10.6. The summed E-state index contributed by atoms with van der Waals surface area (Å²) in [5.41, 5.74) is 2.60.